The van der Waals surface area contributed by atoms with Gasteiger partial charge in [0.25, 0.3) is 5.91 Å². The van der Waals surface area contributed by atoms with Crippen LogP contribution in [0.2, 0.25) is 0 Å². The number of fused-ring (bicyclic) bond motifs is 4. The Kier molecular flexibility index (Phi) is 2.79. The van der Waals surface area contributed by atoms with Crippen molar-refractivity contribution in [1.29, 1.82) is 0 Å². The van der Waals surface area contributed by atoms with Crippen molar-refractivity contribution in [2.75, 3.05) is 18.9 Å². The van der Waals surface area contributed by atoms with Crippen molar-refractivity contribution in [2.24, 2.45) is 0 Å². The molecule has 128 valence electrons. The van der Waals surface area contributed by atoms with Gasteiger partial charge in [-0.05, 0) is 20.0 Å². The Morgan fingerprint density at radius 3 is 2.42 bits per heavy atom. The molecule has 1 N–H and O–H groups in total. The minimum Gasteiger partial charge on any atom is -0.324 e. The number of Topliss-reactive ketones (excluding diaryl/α,β-unsaturated/α-hetero) is 2. The minimum absolute atomic E-state index is 0.159. The standard InChI is InChI=1S/C21H16N2O3/c1-11-7-8-16-15(9-11)21(20(26)22-16)17-14(10-23(21)2)18(24)12-5-3-4-6-13(12)19(17)25/h3-9H,10H2,1-2H3,(H,22,26). The molecule has 1 aliphatic carbocycles. The molecule has 0 saturated heterocycles. The third-order valence-corrected chi connectivity index (χ3v) is 5.69. The van der Waals surface area contributed by atoms with Crippen molar-refractivity contribution in [3.8, 4) is 0 Å². The first-order valence-corrected chi connectivity index (χ1v) is 8.52. The van der Waals surface area contributed by atoms with E-state index < -0.39 is 5.54 Å². The monoisotopic (exact) mass is 344 g/mol. The van der Waals surface area contributed by atoms with Gasteiger partial charge >= 0.3 is 0 Å². The number of aryl methyl sites for hydroxylation is 1. The highest BCUT2D eigenvalue weighted by Crippen LogP contribution is 2.52. The van der Waals surface area contributed by atoms with Gasteiger partial charge in [0.2, 0.25) is 0 Å². The molecule has 2 aliphatic heterocycles. The fourth-order valence-electron chi connectivity index (χ4n) is 4.54. The molecule has 2 heterocycles. The number of hydrogen-bond acceptors (Lipinski definition) is 4. The number of likely N-dealkylation sites (N-methyl/N-ethyl adjacent to an activating group) is 1. The van der Waals surface area contributed by atoms with Crippen molar-refractivity contribution in [3.05, 3.63) is 75.9 Å². The predicted octanol–water partition coefficient (Wildman–Crippen LogP) is 2.46. The molecular weight excluding hydrogens is 328 g/mol. The van der Waals surface area contributed by atoms with Gasteiger partial charge in [0.1, 0.15) is 0 Å². The molecule has 0 fully saturated rings. The normalized spacial score (nSPS) is 24.0. The highest BCUT2D eigenvalue weighted by molar-refractivity contribution is 6.31. The number of benzene rings is 2. The zero-order valence-corrected chi connectivity index (χ0v) is 14.4. The molecule has 0 aromatic heterocycles. The second-order valence-corrected chi connectivity index (χ2v) is 7.13. The summed E-state index contributed by atoms with van der Waals surface area (Å²) in [5, 5.41) is 2.90. The zero-order valence-electron chi connectivity index (χ0n) is 14.4. The van der Waals surface area contributed by atoms with Crippen LogP contribution < -0.4 is 5.32 Å². The maximum Gasteiger partial charge on any atom is 0.254 e. The topological polar surface area (TPSA) is 66.5 Å². The van der Waals surface area contributed by atoms with E-state index in [4.69, 9.17) is 0 Å². The molecule has 1 atom stereocenters. The van der Waals surface area contributed by atoms with Gasteiger partial charge in [0.15, 0.2) is 17.1 Å². The Morgan fingerprint density at radius 1 is 1.00 bits per heavy atom. The molecule has 3 aliphatic rings. The van der Waals surface area contributed by atoms with E-state index in [0.717, 1.165) is 11.1 Å². The molecule has 5 heteroatoms. The van der Waals surface area contributed by atoms with Crippen molar-refractivity contribution >= 4 is 23.2 Å². The predicted molar refractivity (Wildman–Crippen MR) is 96.2 cm³/mol. The lowest BCUT2D eigenvalue weighted by Crippen LogP contribution is -2.48. The largest absolute Gasteiger partial charge is 0.324 e. The van der Waals surface area contributed by atoms with Gasteiger partial charge < -0.3 is 5.32 Å². The van der Waals surface area contributed by atoms with E-state index in [-0.39, 0.29) is 24.0 Å². The summed E-state index contributed by atoms with van der Waals surface area (Å²) < 4.78 is 0. The van der Waals surface area contributed by atoms with E-state index >= 15 is 0 Å². The number of carbonyl (C=O) groups is 3. The molecule has 2 aromatic rings. The molecule has 1 unspecified atom stereocenters. The summed E-state index contributed by atoms with van der Waals surface area (Å²) in [4.78, 5) is 41.4. The van der Waals surface area contributed by atoms with Crippen molar-refractivity contribution < 1.29 is 14.4 Å². The van der Waals surface area contributed by atoms with Crippen LogP contribution in [0.3, 0.4) is 0 Å². The summed E-state index contributed by atoms with van der Waals surface area (Å²) in [6.45, 7) is 2.22. The SMILES string of the molecule is Cc1ccc2c(c1)C1(C(=O)N2)C2=C(CN1C)C(=O)c1ccccc1C2=O. The Hall–Kier alpha value is -3.05. The first-order chi connectivity index (χ1) is 12.5. The third-order valence-electron chi connectivity index (χ3n) is 5.69. The van der Waals surface area contributed by atoms with Crippen LogP contribution >= 0.6 is 0 Å². The molecular formula is C21H16N2O3. The van der Waals surface area contributed by atoms with Gasteiger partial charge in [-0.1, -0.05) is 42.0 Å². The van der Waals surface area contributed by atoms with Gasteiger partial charge in [-0.2, -0.15) is 0 Å². The lowest BCUT2D eigenvalue weighted by Gasteiger charge is -2.33. The van der Waals surface area contributed by atoms with Gasteiger partial charge in [0.05, 0.1) is 0 Å². The van der Waals surface area contributed by atoms with Gasteiger partial charge in [-0.3, -0.25) is 19.3 Å². The van der Waals surface area contributed by atoms with Crippen molar-refractivity contribution in [2.45, 2.75) is 12.5 Å². The van der Waals surface area contributed by atoms with Gasteiger partial charge in [0, 0.05) is 40.1 Å². The summed E-state index contributed by atoms with van der Waals surface area (Å²) >= 11 is 0. The van der Waals surface area contributed by atoms with Crippen molar-refractivity contribution in [1.82, 2.24) is 4.90 Å². The number of amides is 1. The average Bonchev–Trinajstić information content (AvgIpc) is 3.10. The minimum atomic E-state index is -1.24. The van der Waals surface area contributed by atoms with Gasteiger partial charge in [-0.15, -0.1) is 0 Å². The van der Waals surface area contributed by atoms with Crippen LogP contribution in [0.1, 0.15) is 31.8 Å². The molecule has 5 rings (SSSR count). The van der Waals surface area contributed by atoms with Crippen LogP contribution in [0, 0.1) is 6.92 Å². The van der Waals surface area contributed by atoms with Crippen LogP contribution in [-0.4, -0.2) is 36.0 Å². The first kappa shape index (κ1) is 15.2. The summed E-state index contributed by atoms with van der Waals surface area (Å²) in [7, 11) is 1.79. The molecule has 2 aromatic carbocycles. The third kappa shape index (κ3) is 1.57. The van der Waals surface area contributed by atoms with Crippen LogP contribution in [0.25, 0.3) is 0 Å². The molecule has 0 radical (unpaired) electrons. The number of carbonyl (C=O) groups excluding carboxylic acids is 3. The van der Waals surface area contributed by atoms with Crippen LogP contribution in [0.5, 0.6) is 0 Å². The van der Waals surface area contributed by atoms with E-state index in [9.17, 15) is 14.4 Å². The summed E-state index contributed by atoms with van der Waals surface area (Å²) in [6.07, 6.45) is 0. The highest BCUT2D eigenvalue weighted by atomic mass is 16.2. The quantitative estimate of drug-likeness (QED) is 0.797. The van der Waals surface area contributed by atoms with Crippen LogP contribution in [0.4, 0.5) is 5.69 Å². The maximum atomic E-state index is 13.4. The number of rotatable bonds is 0. The Labute approximate surface area is 150 Å². The number of nitrogens with one attached hydrogen (secondary N) is 1. The lowest BCUT2D eigenvalue weighted by molar-refractivity contribution is -0.123. The molecule has 5 nitrogen and oxygen atoms in total. The van der Waals surface area contributed by atoms with E-state index in [0.29, 0.717) is 28.0 Å². The van der Waals surface area contributed by atoms with Crippen LogP contribution in [0.15, 0.2) is 53.6 Å². The van der Waals surface area contributed by atoms with E-state index in [1.165, 1.54) is 0 Å². The number of anilines is 1. The molecule has 26 heavy (non-hydrogen) atoms. The Bertz CT molecular complexity index is 1080. The summed E-state index contributed by atoms with van der Waals surface area (Å²) in [6, 6.07) is 12.5. The Balaban J connectivity index is 1.84. The average molecular weight is 344 g/mol. The molecule has 0 saturated carbocycles. The molecule has 0 bridgehead atoms. The zero-order chi connectivity index (χ0) is 18.2. The number of ketones is 2. The van der Waals surface area contributed by atoms with Crippen LogP contribution in [-0.2, 0) is 10.3 Å². The van der Waals surface area contributed by atoms with E-state index in [1.54, 1.807) is 31.3 Å². The first-order valence-electron chi connectivity index (χ1n) is 8.52. The van der Waals surface area contributed by atoms with Gasteiger partial charge in [-0.25, -0.2) is 0 Å². The number of nitrogens with zero attached hydrogens (tertiary/aromatic N) is 1. The number of hydrogen-bond donors (Lipinski definition) is 1. The molecule has 1 amide bonds. The van der Waals surface area contributed by atoms with Crippen molar-refractivity contribution in [3.63, 3.8) is 0 Å². The second-order valence-electron chi connectivity index (χ2n) is 7.13. The lowest BCUT2D eigenvalue weighted by atomic mass is 9.74. The Morgan fingerprint density at radius 2 is 1.69 bits per heavy atom. The highest BCUT2D eigenvalue weighted by Gasteiger charge is 2.61. The smallest absolute Gasteiger partial charge is 0.254 e. The summed E-state index contributed by atoms with van der Waals surface area (Å²) in [5.41, 5.74) is 2.74. The fraction of sp³-hybridized carbons (Fsp3) is 0.190. The van der Waals surface area contributed by atoms with E-state index in [1.807, 2.05) is 30.0 Å². The van der Waals surface area contributed by atoms with E-state index in [2.05, 4.69) is 5.32 Å². The fourth-order valence-corrected chi connectivity index (χ4v) is 4.54. The molecule has 1 spiro atoms. The second kappa shape index (κ2) is 4.77. The maximum absolute atomic E-state index is 13.4. The summed E-state index contributed by atoms with van der Waals surface area (Å²) in [5.74, 6) is -0.664.